The van der Waals surface area contributed by atoms with E-state index in [4.69, 9.17) is 10.1 Å². The summed E-state index contributed by atoms with van der Waals surface area (Å²) in [7, 11) is -3.20. The first kappa shape index (κ1) is 17.0. The highest BCUT2D eigenvalue weighted by atomic mass is 32.2. The van der Waals surface area contributed by atoms with Crippen molar-refractivity contribution < 1.29 is 8.42 Å². The molecule has 2 aromatic carbocycles. The molecule has 1 heterocycles. The van der Waals surface area contributed by atoms with E-state index < -0.39 is 9.84 Å². The Bertz CT molecular complexity index is 1000. The topological polar surface area (TPSA) is 64.8 Å². The summed E-state index contributed by atoms with van der Waals surface area (Å²) in [4.78, 5) is 5.07. The first-order chi connectivity index (χ1) is 12.5. The van der Waals surface area contributed by atoms with Crippen LogP contribution in [0.3, 0.4) is 0 Å². The maximum absolute atomic E-state index is 11.7. The Balaban J connectivity index is 1.64. The van der Waals surface area contributed by atoms with Crippen LogP contribution in [0.5, 0.6) is 0 Å². The van der Waals surface area contributed by atoms with Crippen molar-refractivity contribution in [2.24, 2.45) is 0 Å². The van der Waals surface area contributed by atoms with Crippen LogP contribution in [-0.4, -0.2) is 29.4 Å². The van der Waals surface area contributed by atoms with E-state index >= 15 is 0 Å². The second-order valence-corrected chi connectivity index (χ2v) is 8.84. The van der Waals surface area contributed by atoms with E-state index in [1.807, 2.05) is 35.0 Å². The third-order valence-electron chi connectivity index (χ3n) is 4.63. The van der Waals surface area contributed by atoms with Gasteiger partial charge < -0.3 is 0 Å². The summed E-state index contributed by atoms with van der Waals surface area (Å²) in [6.07, 6.45) is 4.39. The van der Waals surface area contributed by atoms with Gasteiger partial charge in [-0.15, -0.1) is 0 Å². The zero-order chi connectivity index (χ0) is 18.1. The van der Waals surface area contributed by atoms with Gasteiger partial charge in [0.25, 0.3) is 0 Å². The Morgan fingerprint density at radius 2 is 1.73 bits per heavy atom. The van der Waals surface area contributed by atoms with E-state index in [1.165, 1.54) is 11.8 Å². The van der Waals surface area contributed by atoms with E-state index in [2.05, 4.69) is 12.1 Å². The Morgan fingerprint density at radius 3 is 2.35 bits per heavy atom. The van der Waals surface area contributed by atoms with Crippen molar-refractivity contribution in [2.45, 2.75) is 36.6 Å². The SMILES string of the molecule is CS(=O)(=O)c1ccc(-c2nc(C3CC3)nn2CCc2ccccc2)cc1. The lowest BCUT2D eigenvalue weighted by molar-refractivity contribution is 0.602. The van der Waals surface area contributed by atoms with E-state index in [0.29, 0.717) is 10.8 Å². The van der Waals surface area contributed by atoms with Crippen molar-refractivity contribution in [3.05, 3.63) is 66.0 Å². The Labute approximate surface area is 153 Å². The van der Waals surface area contributed by atoms with E-state index in [1.54, 1.807) is 12.1 Å². The Hall–Kier alpha value is -2.47. The minimum Gasteiger partial charge on any atom is -0.245 e. The molecule has 1 aromatic heterocycles. The van der Waals surface area contributed by atoms with Crippen LogP contribution in [0, 0.1) is 0 Å². The highest BCUT2D eigenvalue weighted by molar-refractivity contribution is 7.90. The van der Waals surface area contributed by atoms with Crippen molar-refractivity contribution in [3.63, 3.8) is 0 Å². The maximum atomic E-state index is 11.7. The van der Waals surface area contributed by atoms with Crippen molar-refractivity contribution in [1.82, 2.24) is 14.8 Å². The molecule has 0 N–H and O–H groups in total. The van der Waals surface area contributed by atoms with Crippen molar-refractivity contribution in [2.75, 3.05) is 6.26 Å². The monoisotopic (exact) mass is 367 g/mol. The number of rotatable bonds is 6. The molecule has 3 aromatic rings. The summed E-state index contributed by atoms with van der Waals surface area (Å²) in [5.74, 6) is 2.19. The van der Waals surface area contributed by atoms with Crippen LogP contribution in [0.4, 0.5) is 0 Å². The predicted molar refractivity (Wildman–Crippen MR) is 101 cm³/mol. The minimum absolute atomic E-state index is 0.319. The fourth-order valence-electron chi connectivity index (χ4n) is 2.97. The number of aromatic nitrogens is 3. The molecule has 0 bridgehead atoms. The van der Waals surface area contributed by atoms with Gasteiger partial charge in [-0.05, 0) is 49.1 Å². The molecule has 0 atom stereocenters. The molecule has 0 spiro atoms. The molecule has 1 saturated carbocycles. The number of aryl methyl sites for hydroxylation is 2. The van der Waals surface area contributed by atoms with Crippen molar-refractivity contribution in [1.29, 1.82) is 0 Å². The average molecular weight is 367 g/mol. The van der Waals surface area contributed by atoms with Crippen LogP contribution < -0.4 is 0 Å². The first-order valence-electron chi connectivity index (χ1n) is 8.80. The van der Waals surface area contributed by atoms with Gasteiger partial charge in [0.15, 0.2) is 21.5 Å². The Kier molecular flexibility index (Phi) is 4.36. The van der Waals surface area contributed by atoms with Gasteiger partial charge in [0, 0.05) is 24.3 Å². The largest absolute Gasteiger partial charge is 0.245 e. The lowest BCUT2D eigenvalue weighted by Gasteiger charge is -2.07. The molecule has 1 aliphatic rings. The minimum atomic E-state index is -3.20. The van der Waals surface area contributed by atoms with Gasteiger partial charge in [-0.3, -0.25) is 0 Å². The number of benzene rings is 2. The van der Waals surface area contributed by atoms with Crippen LogP contribution in [0.25, 0.3) is 11.4 Å². The molecule has 0 saturated heterocycles. The maximum Gasteiger partial charge on any atom is 0.175 e. The van der Waals surface area contributed by atoms with Gasteiger partial charge in [-0.25, -0.2) is 18.1 Å². The third-order valence-corrected chi connectivity index (χ3v) is 5.75. The fraction of sp³-hybridized carbons (Fsp3) is 0.300. The molecular formula is C20H21N3O2S. The van der Waals surface area contributed by atoms with Gasteiger partial charge in [0.2, 0.25) is 0 Å². The molecule has 26 heavy (non-hydrogen) atoms. The standard InChI is InChI=1S/C20H21N3O2S/c1-26(24,25)18-11-9-17(10-12-18)20-21-19(16-7-8-16)22-23(20)14-13-15-5-3-2-4-6-15/h2-6,9-12,16H,7-8,13-14H2,1H3. The molecule has 1 aliphatic carbocycles. The van der Waals surface area contributed by atoms with Gasteiger partial charge in [-0.1, -0.05) is 30.3 Å². The van der Waals surface area contributed by atoms with Crippen LogP contribution in [-0.2, 0) is 22.8 Å². The zero-order valence-corrected chi connectivity index (χ0v) is 15.5. The summed E-state index contributed by atoms with van der Waals surface area (Å²) in [5, 5.41) is 4.72. The fourth-order valence-corrected chi connectivity index (χ4v) is 3.60. The number of hydrogen-bond donors (Lipinski definition) is 0. The van der Waals surface area contributed by atoms with Crippen LogP contribution in [0.2, 0.25) is 0 Å². The van der Waals surface area contributed by atoms with Gasteiger partial charge in [-0.2, -0.15) is 5.10 Å². The molecule has 5 nitrogen and oxygen atoms in total. The lowest BCUT2D eigenvalue weighted by Crippen LogP contribution is -2.06. The van der Waals surface area contributed by atoms with Crippen molar-refractivity contribution in [3.8, 4) is 11.4 Å². The van der Waals surface area contributed by atoms with Crippen molar-refractivity contribution >= 4 is 9.84 Å². The predicted octanol–water partition coefficient (Wildman–Crippen LogP) is 3.47. The molecule has 1 fully saturated rings. The highest BCUT2D eigenvalue weighted by Gasteiger charge is 2.29. The highest BCUT2D eigenvalue weighted by Crippen LogP contribution is 2.39. The summed E-state index contributed by atoms with van der Waals surface area (Å²) in [6.45, 7) is 0.743. The molecule has 134 valence electrons. The zero-order valence-electron chi connectivity index (χ0n) is 14.7. The number of sulfone groups is 1. The quantitative estimate of drug-likeness (QED) is 0.669. The second-order valence-electron chi connectivity index (χ2n) is 6.82. The first-order valence-corrected chi connectivity index (χ1v) is 10.7. The Morgan fingerprint density at radius 1 is 1.04 bits per heavy atom. The summed E-state index contributed by atoms with van der Waals surface area (Å²) >= 11 is 0. The molecule has 0 unspecified atom stereocenters. The van der Waals surface area contributed by atoms with Gasteiger partial charge >= 0.3 is 0 Å². The molecular weight excluding hydrogens is 346 g/mol. The number of nitrogens with zero attached hydrogens (tertiary/aromatic N) is 3. The smallest absolute Gasteiger partial charge is 0.175 e. The van der Waals surface area contributed by atoms with Gasteiger partial charge in [0.05, 0.1) is 4.90 Å². The molecule has 0 radical (unpaired) electrons. The molecule has 0 aliphatic heterocycles. The average Bonchev–Trinajstić information content (AvgIpc) is 3.40. The third kappa shape index (κ3) is 3.70. The second kappa shape index (κ2) is 6.68. The van der Waals surface area contributed by atoms with Crippen LogP contribution in [0.1, 0.15) is 30.1 Å². The van der Waals surface area contributed by atoms with E-state index in [0.717, 1.165) is 43.0 Å². The molecule has 0 amide bonds. The van der Waals surface area contributed by atoms with E-state index in [-0.39, 0.29) is 0 Å². The number of hydrogen-bond acceptors (Lipinski definition) is 4. The van der Waals surface area contributed by atoms with E-state index in [9.17, 15) is 8.42 Å². The van der Waals surface area contributed by atoms with Gasteiger partial charge in [0.1, 0.15) is 0 Å². The summed E-state index contributed by atoms with van der Waals surface area (Å²) < 4.78 is 25.3. The molecule has 4 rings (SSSR count). The van der Waals surface area contributed by atoms with Crippen LogP contribution >= 0.6 is 0 Å². The van der Waals surface area contributed by atoms with Crippen LogP contribution in [0.15, 0.2) is 59.5 Å². The lowest BCUT2D eigenvalue weighted by atomic mass is 10.1. The molecule has 6 heteroatoms. The summed E-state index contributed by atoms with van der Waals surface area (Å²) in [6, 6.07) is 17.2. The summed E-state index contributed by atoms with van der Waals surface area (Å²) in [5.41, 5.74) is 2.15. The normalized spacial score (nSPS) is 14.5.